The molecule has 1 N–H and O–H groups in total. The maximum atomic E-state index is 12.8. The van der Waals surface area contributed by atoms with Crippen LogP contribution in [0.4, 0.5) is 11.4 Å². The summed E-state index contributed by atoms with van der Waals surface area (Å²) in [7, 11) is 4.74. The Hall–Kier alpha value is -3.04. The van der Waals surface area contributed by atoms with Crippen molar-refractivity contribution in [2.75, 3.05) is 70.8 Å². The molecule has 36 heavy (non-hydrogen) atoms. The normalized spacial score (nSPS) is 21.6. The van der Waals surface area contributed by atoms with E-state index in [0.717, 1.165) is 44.8 Å². The number of nitrogens with zero attached hydrogens (tertiary/aromatic N) is 3. The van der Waals surface area contributed by atoms with Gasteiger partial charge in [-0.05, 0) is 42.3 Å². The van der Waals surface area contributed by atoms with E-state index in [1.165, 1.54) is 17.8 Å². The minimum absolute atomic E-state index is 0.0269. The fourth-order valence-electron chi connectivity index (χ4n) is 5.11. The third-order valence-electron chi connectivity index (χ3n) is 7.04. The van der Waals surface area contributed by atoms with Gasteiger partial charge in [0.2, 0.25) is 11.7 Å². The third-order valence-corrected chi connectivity index (χ3v) is 8.44. The summed E-state index contributed by atoms with van der Waals surface area (Å²) >= 11 is 2.03. The summed E-state index contributed by atoms with van der Waals surface area (Å²) in [5.74, 6) is 1.70. The Balaban J connectivity index is 1.11. The van der Waals surface area contributed by atoms with Gasteiger partial charge in [0.25, 0.3) is 0 Å². The van der Waals surface area contributed by atoms with Gasteiger partial charge in [0.05, 0.1) is 32.7 Å². The first-order valence-electron chi connectivity index (χ1n) is 12.4. The molecule has 0 aliphatic carbocycles. The predicted molar refractivity (Wildman–Crippen MR) is 145 cm³/mol. The molecule has 192 valence electrons. The number of piperazine rings is 1. The van der Waals surface area contributed by atoms with Crippen LogP contribution in [0.1, 0.15) is 12.0 Å². The maximum Gasteiger partial charge on any atom is 0.246 e. The Kier molecular flexibility index (Phi) is 7.48. The molecule has 3 aliphatic rings. The number of hydrogen-bond donors (Lipinski definition) is 1. The van der Waals surface area contributed by atoms with Crippen LogP contribution in [0.2, 0.25) is 0 Å². The lowest BCUT2D eigenvalue weighted by Gasteiger charge is -2.40. The summed E-state index contributed by atoms with van der Waals surface area (Å²) in [6, 6.07) is 12.2. The van der Waals surface area contributed by atoms with E-state index < -0.39 is 0 Å². The Morgan fingerprint density at radius 3 is 2.44 bits per heavy atom. The highest BCUT2D eigenvalue weighted by Gasteiger charge is 2.36. The number of carbonyl (C=O) groups excluding carboxylic acids is 1. The predicted octanol–water partition coefficient (Wildman–Crippen LogP) is 3.59. The number of fused-ring (bicyclic) bond motifs is 3. The lowest BCUT2D eigenvalue weighted by Crippen LogP contribution is -2.51. The van der Waals surface area contributed by atoms with Crippen LogP contribution in [0.5, 0.6) is 17.2 Å². The second-order valence-electron chi connectivity index (χ2n) is 9.17. The van der Waals surface area contributed by atoms with Gasteiger partial charge in [-0.25, -0.2) is 0 Å². The number of methoxy groups -OCH3 is 3. The highest BCUT2D eigenvalue weighted by molar-refractivity contribution is 8.00. The van der Waals surface area contributed by atoms with Crippen molar-refractivity contribution in [1.29, 1.82) is 0 Å². The molecule has 5 rings (SSSR count). The van der Waals surface area contributed by atoms with Crippen molar-refractivity contribution in [3.63, 3.8) is 0 Å². The average molecular weight is 511 g/mol. The zero-order chi connectivity index (χ0) is 25.1. The van der Waals surface area contributed by atoms with Gasteiger partial charge in [0.1, 0.15) is 5.50 Å². The van der Waals surface area contributed by atoms with Crippen molar-refractivity contribution in [2.24, 2.45) is 0 Å². The average Bonchev–Trinajstić information content (AvgIpc) is 3.29. The fourth-order valence-corrected chi connectivity index (χ4v) is 6.57. The van der Waals surface area contributed by atoms with Gasteiger partial charge in [0.15, 0.2) is 11.5 Å². The van der Waals surface area contributed by atoms with E-state index in [4.69, 9.17) is 14.2 Å². The van der Waals surface area contributed by atoms with E-state index in [9.17, 15) is 4.79 Å². The van der Waals surface area contributed by atoms with E-state index in [1.54, 1.807) is 33.5 Å². The highest BCUT2D eigenvalue weighted by Crippen LogP contribution is 2.43. The number of thioether (sulfide) groups is 1. The molecule has 0 radical (unpaired) electrons. The Bertz CT molecular complexity index is 1090. The van der Waals surface area contributed by atoms with Crippen LogP contribution >= 0.6 is 11.8 Å². The summed E-state index contributed by atoms with van der Waals surface area (Å²) in [4.78, 5) is 19.8. The molecule has 0 saturated carbocycles. The third kappa shape index (κ3) is 5.08. The molecule has 2 aromatic carbocycles. The van der Waals surface area contributed by atoms with Gasteiger partial charge in [-0.15, -0.1) is 11.8 Å². The number of carbonyl (C=O) groups is 1. The minimum Gasteiger partial charge on any atom is -0.493 e. The van der Waals surface area contributed by atoms with Crippen LogP contribution in [0, 0.1) is 0 Å². The Morgan fingerprint density at radius 1 is 1.03 bits per heavy atom. The first-order chi connectivity index (χ1) is 17.6. The topological polar surface area (TPSA) is 66.5 Å². The molecular formula is C27H34N4O4S. The molecule has 2 saturated heterocycles. The SMILES string of the molecule is COc1cc(/C=C/C(=O)N2CCN(CC3CCN4c5ccccc5NC4S3)CC2)cc(OC)c1OC. The molecule has 0 bridgehead atoms. The zero-order valence-corrected chi connectivity index (χ0v) is 21.9. The van der Waals surface area contributed by atoms with Crippen LogP contribution < -0.4 is 24.4 Å². The molecule has 2 atom stereocenters. The summed E-state index contributed by atoms with van der Waals surface area (Å²) < 4.78 is 16.2. The van der Waals surface area contributed by atoms with Gasteiger partial charge in [-0.2, -0.15) is 0 Å². The van der Waals surface area contributed by atoms with E-state index >= 15 is 0 Å². The summed E-state index contributed by atoms with van der Waals surface area (Å²) in [5.41, 5.74) is 3.70. The van der Waals surface area contributed by atoms with Crippen molar-refractivity contribution in [3.05, 3.63) is 48.0 Å². The van der Waals surface area contributed by atoms with Crippen LogP contribution in [0.25, 0.3) is 6.08 Å². The zero-order valence-electron chi connectivity index (χ0n) is 21.1. The molecule has 3 aliphatic heterocycles. The van der Waals surface area contributed by atoms with E-state index in [-0.39, 0.29) is 5.91 Å². The second-order valence-corrected chi connectivity index (χ2v) is 10.6. The molecule has 0 spiro atoms. The molecule has 0 aromatic heterocycles. The maximum absolute atomic E-state index is 12.8. The number of ether oxygens (including phenoxy) is 3. The lowest BCUT2D eigenvalue weighted by molar-refractivity contribution is -0.127. The minimum atomic E-state index is 0.0269. The summed E-state index contributed by atoms with van der Waals surface area (Å²) in [5, 5.41) is 4.25. The van der Waals surface area contributed by atoms with Gasteiger partial charge in [-0.1, -0.05) is 12.1 Å². The van der Waals surface area contributed by atoms with Crippen molar-refractivity contribution in [2.45, 2.75) is 17.2 Å². The number of anilines is 2. The van der Waals surface area contributed by atoms with Gasteiger partial charge in [0, 0.05) is 50.6 Å². The van der Waals surface area contributed by atoms with Gasteiger partial charge in [-0.3, -0.25) is 9.69 Å². The molecule has 9 heteroatoms. The smallest absolute Gasteiger partial charge is 0.246 e. The van der Waals surface area contributed by atoms with E-state index in [2.05, 4.69) is 39.4 Å². The van der Waals surface area contributed by atoms with Crippen LogP contribution in [0.15, 0.2) is 42.5 Å². The first kappa shape index (κ1) is 24.6. The monoisotopic (exact) mass is 510 g/mol. The van der Waals surface area contributed by atoms with Crippen molar-refractivity contribution in [3.8, 4) is 17.2 Å². The second kappa shape index (κ2) is 10.9. The number of nitrogens with one attached hydrogen (secondary N) is 1. The summed E-state index contributed by atoms with van der Waals surface area (Å²) in [6.45, 7) is 5.45. The molecule has 3 heterocycles. The standard InChI is InChI=1S/C27H34N4O4S/c1-33-23-16-19(17-24(34-2)26(23)35-3)8-9-25(32)30-14-12-29(13-15-30)18-20-10-11-31-22-7-5-4-6-21(22)28-27(31)36-20/h4-9,16-17,20,27-28H,10-15,18H2,1-3H3/b9-8+. The Morgan fingerprint density at radius 2 is 1.75 bits per heavy atom. The highest BCUT2D eigenvalue weighted by atomic mass is 32.2. The van der Waals surface area contributed by atoms with Crippen molar-refractivity contribution in [1.82, 2.24) is 9.80 Å². The first-order valence-corrected chi connectivity index (χ1v) is 13.3. The molecule has 2 fully saturated rings. The lowest BCUT2D eigenvalue weighted by atomic mass is 10.1. The van der Waals surface area contributed by atoms with Crippen LogP contribution in [0.3, 0.4) is 0 Å². The van der Waals surface area contributed by atoms with Crippen molar-refractivity contribution < 1.29 is 19.0 Å². The van der Waals surface area contributed by atoms with Gasteiger partial charge >= 0.3 is 0 Å². The molecule has 2 unspecified atom stereocenters. The molecular weight excluding hydrogens is 476 g/mol. The summed E-state index contributed by atoms with van der Waals surface area (Å²) in [6.07, 6.45) is 4.61. The van der Waals surface area contributed by atoms with E-state index in [0.29, 0.717) is 28.0 Å². The number of rotatable bonds is 7. The van der Waals surface area contributed by atoms with Crippen LogP contribution in [-0.2, 0) is 4.79 Å². The largest absolute Gasteiger partial charge is 0.493 e. The molecule has 8 nitrogen and oxygen atoms in total. The molecule has 1 amide bonds. The van der Waals surface area contributed by atoms with Crippen molar-refractivity contribution >= 4 is 35.1 Å². The molecule has 2 aromatic rings. The quantitative estimate of drug-likeness (QED) is 0.567. The number of para-hydroxylation sites is 2. The Labute approximate surface area is 217 Å². The van der Waals surface area contributed by atoms with Gasteiger partial charge < -0.3 is 29.3 Å². The van der Waals surface area contributed by atoms with Crippen LogP contribution in [-0.4, -0.2) is 87.1 Å². The number of hydrogen-bond acceptors (Lipinski definition) is 8. The fraction of sp³-hybridized carbons (Fsp3) is 0.444. The van der Waals surface area contributed by atoms with E-state index in [1.807, 2.05) is 28.8 Å². The number of amides is 1. The number of benzene rings is 2.